The number of halogens is 2. The Balaban J connectivity index is 0.000000158. The van der Waals surface area contributed by atoms with Crippen molar-refractivity contribution in [2.75, 3.05) is 26.9 Å². The van der Waals surface area contributed by atoms with E-state index in [1.54, 1.807) is 65.4 Å². The predicted molar refractivity (Wildman–Crippen MR) is 489 cm³/mol. The zero-order valence-corrected chi connectivity index (χ0v) is 72.4. The largest absolute Gasteiger partial charge is 0.395 e. The third kappa shape index (κ3) is 25.1. The first kappa shape index (κ1) is 93.4. The lowest BCUT2D eigenvalue weighted by Crippen LogP contribution is -2.47. The third-order valence-electron chi connectivity index (χ3n) is 21.0. The summed E-state index contributed by atoms with van der Waals surface area (Å²) in [6.45, 7) is 25.9. The highest BCUT2D eigenvalue weighted by molar-refractivity contribution is 6.03. The number of amides is 12. The van der Waals surface area contributed by atoms with Crippen molar-refractivity contribution in [3.63, 3.8) is 0 Å². The molecule has 4 aliphatic rings. The van der Waals surface area contributed by atoms with Gasteiger partial charge in [-0.3, -0.25) is 37.9 Å². The molecule has 0 spiro atoms. The SMILES string of the molecule is C=C1NC(=O)NC(C(=O)N[C@H](C)c2cccc(-c3cnn(CCOCCOC)c3)c2)=C1N.C=C1NC(=O)NC(C(=O)N[C@H](C)c2cccc(-c3cnn(CCc4ccccc4)c3)c2)=C1N.C=C1NC(=O)NC(C(=O)N[C@H](C)c2cccc(-c3cnn(Cc4ccc(F)cc4)c3)c2)=C1N.C=C1NC(=O)NC(C(=O)N[C@H](C)c2cccc(-c3cnn(Cc4ccccc4F)c3)c2)=C1N. The van der Waals surface area contributed by atoms with E-state index in [1.165, 1.54) is 23.8 Å². The van der Waals surface area contributed by atoms with E-state index in [0.29, 0.717) is 45.0 Å². The number of hydrogen-bond acceptors (Lipinski definition) is 18. The second kappa shape index (κ2) is 43.4. The van der Waals surface area contributed by atoms with Crippen LogP contribution in [0.2, 0.25) is 0 Å². The highest BCUT2D eigenvalue weighted by Gasteiger charge is 2.30. The summed E-state index contributed by atoms with van der Waals surface area (Å²) in [7, 11) is 1.64. The van der Waals surface area contributed by atoms with Crippen LogP contribution in [0.1, 0.15) is 90.8 Å². The van der Waals surface area contributed by atoms with Gasteiger partial charge in [0.05, 0.1) is 134 Å². The summed E-state index contributed by atoms with van der Waals surface area (Å²) >= 11 is 0. The number of rotatable bonds is 29. The van der Waals surface area contributed by atoms with Gasteiger partial charge < -0.3 is 96.2 Å². The Hall–Kier alpha value is -16.8. The van der Waals surface area contributed by atoms with E-state index in [-0.39, 0.29) is 104 Å². The highest BCUT2D eigenvalue weighted by Crippen LogP contribution is 2.30. The number of aromatic nitrogens is 8. The van der Waals surface area contributed by atoms with Gasteiger partial charge in [0.2, 0.25) is 0 Å². The van der Waals surface area contributed by atoms with Crippen molar-refractivity contribution in [1.29, 1.82) is 0 Å². The molecule has 20 N–H and O–H groups in total. The topological polar surface area (TPSA) is 475 Å². The first-order valence-electron chi connectivity index (χ1n) is 41.3. The number of carbonyl (C=O) groups excluding carboxylic acids is 8. The number of nitrogens with zero attached hydrogens (tertiary/aromatic N) is 8. The number of carbonyl (C=O) groups is 8. The minimum atomic E-state index is -0.568. The number of methoxy groups -OCH3 is 1. The molecule has 0 bridgehead atoms. The van der Waals surface area contributed by atoms with Gasteiger partial charge in [0.15, 0.2) is 0 Å². The van der Waals surface area contributed by atoms with Crippen molar-refractivity contribution >= 4 is 47.8 Å². The average Bonchev–Trinajstić information content (AvgIpc) is 1.82. The molecule has 0 aliphatic carbocycles. The second-order valence-electron chi connectivity index (χ2n) is 30.6. The normalized spacial score (nSPS) is 14.5. The molecule has 0 radical (unpaired) electrons. The van der Waals surface area contributed by atoms with Crippen molar-refractivity contribution in [3.8, 4) is 44.5 Å². The van der Waals surface area contributed by atoms with Crippen molar-refractivity contribution in [3.05, 3.63) is 371 Å². The second-order valence-corrected chi connectivity index (χ2v) is 30.6. The minimum absolute atomic E-state index is 0.00792. The summed E-state index contributed by atoms with van der Waals surface area (Å²) in [5.41, 5.74) is 38.3. The molecule has 36 heteroatoms. The Bertz CT molecular complexity index is 6300. The lowest BCUT2D eigenvalue weighted by atomic mass is 10.0. The number of aryl methyl sites for hydroxylation is 2. The lowest BCUT2D eigenvalue weighted by molar-refractivity contribution is -0.119. The molecule has 34 nitrogen and oxygen atoms in total. The van der Waals surface area contributed by atoms with Gasteiger partial charge in [0.25, 0.3) is 23.6 Å². The number of hydrogen-bond donors (Lipinski definition) is 16. The Labute approximate surface area is 753 Å². The first-order chi connectivity index (χ1) is 62.9. The van der Waals surface area contributed by atoms with Gasteiger partial charge in [-0.1, -0.05) is 160 Å². The fourth-order valence-corrected chi connectivity index (χ4v) is 13.7. The van der Waals surface area contributed by atoms with Gasteiger partial charge in [-0.05, 0) is 132 Å². The van der Waals surface area contributed by atoms with Crippen molar-refractivity contribution in [1.82, 2.24) is 103 Å². The van der Waals surface area contributed by atoms with E-state index in [2.05, 4.69) is 123 Å². The van der Waals surface area contributed by atoms with Gasteiger partial charge in [-0.15, -0.1) is 0 Å². The standard InChI is InChI=1S/C25H26N6O2.2C24H23FN6O2.C22H28N6O4/c1-16(28-24(32)23-22(26)17(2)29-25(33)30-23)19-9-6-10-20(13-19)21-14-27-31(15-21)12-11-18-7-4-3-5-8-18;1-14(28-23(32)22-21(26)15(2)29-24(33)30-22)16-7-5-8-17(10-16)19-11-27-31(13-19)12-18-6-3-4-9-20(18)25;1-14(28-23(32)22-21(26)15(2)29-24(33)30-22)17-4-3-5-18(10-17)19-11-27-31(13-19)12-16-6-8-20(25)9-7-16;1-14(25-21(29)20-19(23)15(2)26-22(30)27-20)16-5-4-6-17(11-16)18-12-24-28(13-18)7-8-32-10-9-31-3/h3-10,13-16H,2,11-12,26H2,1H3,(H,28,32)(H2,29,30,33);2*3-11,13-14H,2,12,26H2,1H3,(H,28,32)(H2,29,30,33);4-6,11-14H,2,7-10,23H2,1,3H3,(H,25,29)(H2,26,27,30)/t16-;3*14-/m1111/s1. The van der Waals surface area contributed by atoms with Gasteiger partial charge in [-0.25, -0.2) is 28.0 Å². The van der Waals surface area contributed by atoms with E-state index in [0.717, 1.165) is 85.3 Å². The van der Waals surface area contributed by atoms with Crippen LogP contribution in [0, 0.1) is 11.6 Å². The Kier molecular flexibility index (Phi) is 31.0. The van der Waals surface area contributed by atoms with Crippen LogP contribution in [0.3, 0.4) is 0 Å². The average molecular weight is 1780 g/mol. The van der Waals surface area contributed by atoms with Crippen LogP contribution in [-0.2, 0) is 61.3 Å². The molecule has 7 aromatic carbocycles. The maximum absolute atomic E-state index is 13.9. The molecule has 12 amide bonds. The monoisotopic (exact) mass is 1770 g/mol. The minimum Gasteiger partial charge on any atom is -0.395 e. The van der Waals surface area contributed by atoms with Crippen molar-refractivity contribution in [2.24, 2.45) is 22.9 Å². The van der Waals surface area contributed by atoms with Crippen LogP contribution in [0.25, 0.3) is 44.5 Å². The summed E-state index contributed by atoms with van der Waals surface area (Å²) in [6, 6.07) is 50.6. The van der Waals surface area contributed by atoms with E-state index in [1.807, 2.05) is 183 Å². The molecule has 4 atom stereocenters. The summed E-state index contributed by atoms with van der Waals surface area (Å²) in [5.74, 6) is -2.53. The van der Waals surface area contributed by atoms with Gasteiger partial charge in [0.1, 0.15) is 34.4 Å². The van der Waals surface area contributed by atoms with Crippen LogP contribution in [0.15, 0.2) is 320 Å². The zero-order valence-electron chi connectivity index (χ0n) is 72.4. The van der Waals surface area contributed by atoms with Crippen LogP contribution in [0.5, 0.6) is 0 Å². The molecular formula is C95H100F2N24O10. The summed E-state index contributed by atoms with van der Waals surface area (Å²) in [6.07, 6.45) is 15.7. The zero-order chi connectivity index (χ0) is 93.5. The molecule has 11 aromatic rings. The number of urea groups is 4. The molecule has 4 aromatic heterocycles. The lowest BCUT2D eigenvalue weighted by Gasteiger charge is -2.22. The molecule has 131 heavy (non-hydrogen) atoms. The van der Waals surface area contributed by atoms with Crippen molar-refractivity contribution in [2.45, 2.75) is 84.5 Å². The van der Waals surface area contributed by atoms with Gasteiger partial charge in [-0.2, -0.15) is 20.4 Å². The molecule has 8 heterocycles. The number of benzene rings is 7. The molecule has 4 aliphatic heterocycles. The maximum atomic E-state index is 13.9. The molecule has 0 saturated heterocycles. The fourth-order valence-electron chi connectivity index (χ4n) is 13.7. The van der Waals surface area contributed by atoms with Crippen LogP contribution in [-0.4, -0.2) is 114 Å². The Morgan fingerprint density at radius 2 is 0.702 bits per heavy atom. The molecule has 0 saturated carbocycles. The fraction of sp³-hybridized carbons (Fsp3) is 0.179. The van der Waals surface area contributed by atoms with Gasteiger partial charge in [0, 0.05) is 66.3 Å². The summed E-state index contributed by atoms with van der Waals surface area (Å²) in [4.78, 5) is 97.2. The highest BCUT2D eigenvalue weighted by atomic mass is 19.1. The number of nitrogens with two attached hydrogens (primary N) is 4. The van der Waals surface area contributed by atoms with Gasteiger partial charge >= 0.3 is 24.1 Å². The Morgan fingerprint density at radius 3 is 1.06 bits per heavy atom. The third-order valence-corrected chi connectivity index (χ3v) is 21.0. The van der Waals surface area contributed by atoms with E-state index in [4.69, 9.17) is 32.4 Å². The van der Waals surface area contributed by atoms with Crippen LogP contribution < -0.4 is 86.7 Å². The van der Waals surface area contributed by atoms with E-state index in [9.17, 15) is 47.1 Å². The summed E-state index contributed by atoms with van der Waals surface area (Å²) < 4.78 is 44.7. The smallest absolute Gasteiger partial charge is 0.323 e. The van der Waals surface area contributed by atoms with Crippen LogP contribution >= 0.6 is 0 Å². The number of ether oxygens (including phenoxy) is 2. The maximum Gasteiger partial charge on any atom is 0.323 e. The molecule has 0 fully saturated rings. The van der Waals surface area contributed by atoms with Crippen molar-refractivity contribution < 1.29 is 56.6 Å². The first-order valence-corrected chi connectivity index (χ1v) is 41.3. The molecular weight excluding hydrogens is 1680 g/mol. The van der Waals surface area contributed by atoms with Crippen LogP contribution in [0.4, 0.5) is 28.0 Å². The molecule has 15 rings (SSSR count). The van der Waals surface area contributed by atoms with E-state index >= 15 is 0 Å². The quantitative estimate of drug-likeness (QED) is 0.0194. The molecule has 674 valence electrons. The predicted octanol–water partition coefficient (Wildman–Crippen LogP) is 10.2. The molecule has 0 unspecified atom stereocenters. The Morgan fingerprint density at radius 1 is 0.374 bits per heavy atom. The van der Waals surface area contributed by atoms with E-state index < -0.39 is 47.8 Å². The summed E-state index contributed by atoms with van der Waals surface area (Å²) in [5, 5.41) is 48.4. The number of nitrogens with one attached hydrogen (secondary N) is 12.